The molecule has 0 aliphatic rings. The second-order valence-corrected chi connectivity index (χ2v) is 9.15. The van der Waals surface area contributed by atoms with E-state index >= 15 is 8.78 Å². The molecule has 0 fully saturated rings. The second kappa shape index (κ2) is 11.0. The maximum absolute atomic E-state index is 15.1. The van der Waals surface area contributed by atoms with E-state index < -0.39 is 40.6 Å². The van der Waals surface area contributed by atoms with Crippen LogP contribution in [0.4, 0.5) is 30.7 Å². The Hall–Kier alpha value is -3.35. The van der Waals surface area contributed by atoms with E-state index in [2.05, 4.69) is 6.92 Å². The summed E-state index contributed by atoms with van der Waals surface area (Å²) >= 11 is 0. The Balaban J connectivity index is 1.62. The summed E-state index contributed by atoms with van der Waals surface area (Å²) < 4.78 is 98.3. The van der Waals surface area contributed by atoms with E-state index in [1.807, 2.05) is 0 Å². The van der Waals surface area contributed by atoms with Crippen molar-refractivity contribution in [2.75, 3.05) is 0 Å². The van der Waals surface area contributed by atoms with Gasteiger partial charge >= 0.3 is 6.18 Å². The highest BCUT2D eigenvalue weighted by Crippen LogP contribution is 2.37. The van der Waals surface area contributed by atoms with E-state index in [-0.39, 0.29) is 27.5 Å². The number of hydrogen-bond acceptors (Lipinski definition) is 0. The van der Waals surface area contributed by atoms with Crippen LogP contribution in [0.1, 0.15) is 50.2 Å². The molecule has 4 aromatic rings. The largest absolute Gasteiger partial charge is 0.419 e. The molecule has 37 heavy (non-hydrogen) atoms. The van der Waals surface area contributed by atoms with E-state index in [4.69, 9.17) is 0 Å². The van der Waals surface area contributed by atoms with E-state index in [0.29, 0.717) is 6.07 Å². The van der Waals surface area contributed by atoms with E-state index in [9.17, 15) is 22.0 Å². The third-order valence-electron chi connectivity index (χ3n) is 6.50. The average Bonchev–Trinajstić information content (AvgIpc) is 2.83. The van der Waals surface area contributed by atoms with Gasteiger partial charge in [-0.05, 0) is 65.3 Å². The van der Waals surface area contributed by atoms with Gasteiger partial charge in [0.1, 0.15) is 23.3 Å². The van der Waals surface area contributed by atoms with Gasteiger partial charge in [-0.1, -0.05) is 62.9 Å². The molecule has 0 aliphatic carbocycles. The summed E-state index contributed by atoms with van der Waals surface area (Å²) in [5, 5.41) is -0.259. The van der Waals surface area contributed by atoms with Gasteiger partial charge in [0.15, 0.2) is 0 Å². The first-order valence-corrected chi connectivity index (χ1v) is 12.2. The Labute approximate surface area is 210 Å². The normalized spacial score (nSPS) is 11.9. The van der Waals surface area contributed by atoms with Crippen LogP contribution in [-0.2, 0) is 12.6 Å². The standard InChI is InChI=1S/C30H25F7/c1-2-3-4-5-6-7-18-8-11-22(25(31)14-18)21-16-26(32)28(27(33)17-21)20-9-12-23-19(15-20)10-13-24(29(23)34)30(35,36)37/h8-17H,2-7H2,1H3. The summed E-state index contributed by atoms with van der Waals surface area (Å²) in [6.45, 7) is 2.13. The summed E-state index contributed by atoms with van der Waals surface area (Å²) in [6.07, 6.45) is 1.27. The van der Waals surface area contributed by atoms with Gasteiger partial charge < -0.3 is 0 Å². The van der Waals surface area contributed by atoms with Crippen molar-refractivity contribution in [1.29, 1.82) is 0 Å². The van der Waals surface area contributed by atoms with Crippen LogP contribution < -0.4 is 0 Å². The lowest BCUT2D eigenvalue weighted by Gasteiger charge is -2.13. The van der Waals surface area contributed by atoms with Crippen molar-refractivity contribution in [1.82, 2.24) is 0 Å². The molecule has 4 rings (SSSR count). The summed E-state index contributed by atoms with van der Waals surface area (Å²) in [4.78, 5) is 0. The molecule has 0 unspecified atom stereocenters. The molecule has 0 saturated carbocycles. The fourth-order valence-electron chi connectivity index (χ4n) is 4.55. The van der Waals surface area contributed by atoms with Crippen LogP contribution in [0.15, 0.2) is 60.7 Å². The minimum absolute atomic E-state index is 0.0205. The number of rotatable bonds is 8. The second-order valence-electron chi connectivity index (χ2n) is 9.15. The molecule has 0 saturated heterocycles. The molecule has 0 bridgehead atoms. The third kappa shape index (κ3) is 5.81. The Morgan fingerprint density at radius 1 is 0.649 bits per heavy atom. The summed E-state index contributed by atoms with van der Waals surface area (Å²) in [5.74, 6) is -3.98. The molecule has 0 amide bonds. The first kappa shape index (κ1) is 26.7. The van der Waals surface area contributed by atoms with Gasteiger partial charge in [0.05, 0.1) is 11.1 Å². The molecule has 0 heterocycles. The van der Waals surface area contributed by atoms with Crippen LogP contribution in [0, 0.1) is 23.3 Å². The van der Waals surface area contributed by atoms with Gasteiger partial charge in [0, 0.05) is 10.9 Å². The number of fused-ring (bicyclic) bond motifs is 1. The lowest BCUT2D eigenvalue weighted by atomic mass is 9.95. The number of unbranched alkanes of at least 4 members (excludes halogenated alkanes) is 4. The minimum atomic E-state index is -4.87. The highest BCUT2D eigenvalue weighted by molar-refractivity contribution is 5.89. The molecule has 7 heteroatoms. The maximum Gasteiger partial charge on any atom is 0.419 e. The van der Waals surface area contributed by atoms with Crippen LogP contribution in [-0.4, -0.2) is 0 Å². The van der Waals surface area contributed by atoms with E-state index in [0.717, 1.165) is 74.4 Å². The van der Waals surface area contributed by atoms with Crippen molar-refractivity contribution in [2.45, 2.75) is 51.6 Å². The molecular formula is C30H25F7. The Morgan fingerprint density at radius 3 is 2.00 bits per heavy atom. The molecule has 4 aromatic carbocycles. The van der Waals surface area contributed by atoms with Gasteiger partial charge in [0.2, 0.25) is 0 Å². The van der Waals surface area contributed by atoms with Crippen LogP contribution >= 0.6 is 0 Å². The van der Waals surface area contributed by atoms with Crippen molar-refractivity contribution in [3.63, 3.8) is 0 Å². The van der Waals surface area contributed by atoms with Gasteiger partial charge in [-0.25, -0.2) is 17.6 Å². The lowest BCUT2D eigenvalue weighted by Crippen LogP contribution is -2.08. The SMILES string of the molecule is CCCCCCCc1ccc(-c2cc(F)c(-c3ccc4c(F)c(C(F)(F)F)ccc4c3)c(F)c2)c(F)c1. The summed E-state index contributed by atoms with van der Waals surface area (Å²) in [6, 6.07) is 11.7. The third-order valence-corrected chi connectivity index (χ3v) is 6.50. The van der Waals surface area contributed by atoms with Crippen LogP contribution in [0.3, 0.4) is 0 Å². The highest BCUT2D eigenvalue weighted by Gasteiger charge is 2.34. The van der Waals surface area contributed by atoms with Gasteiger partial charge in [-0.2, -0.15) is 13.2 Å². The van der Waals surface area contributed by atoms with Gasteiger partial charge in [-0.3, -0.25) is 0 Å². The average molecular weight is 519 g/mol. The zero-order valence-electron chi connectivity index (χ0n) is 20.2. The summed E-state index contributed by atoms with van der Waals surface area (Å²) in [7, 11) is 0. The fraction of sp³-hybridized carbons (Fsp3) is 0.267. The number of benzene rings is 4. The predicted molar refractivity (Wildman–Crippen MR) is 132 cm³/mol. The molecular weight excluding hydrogens is 493 g/mol. The highest BCUT2D eigenvalue weighted by atomic mass is 19.4. The molecule has 0 aliphatic heterocycles. The molecule has 0 atom stereocenters. The molecule has 0 nitrogen and oxygen atoms in total. The summed E-state index contributed by atoms with van der Waals surface area (Å²) in [5.41, 5.74) is -0.944. The Bertz CT molecular complexity index is 1400. The number of aryl methyl sites for hydroxylation is 1. The molecule has 0 radical (unpaired) electrons. The van der Waals surface area contributed by atoms with Crippen molar-refractivity contribution in [3.05, 3.63) is 95.1 Å². The first-order chi connectivity index (χ1) is 17.6. The quantitative estimate of drug-likeness (QED) is 0.161. The Kier molecular flexibility index (Phi) is 7.90. The topological polar surface area (TPSA) is 0 Å². The monoisotopic (exact) mass is 518 g/mol. The molecule has 0 aromatic heterocycles. The minimum Gasteiger partial charge on any atom is -0.206 e. The van der Waals surface area contributed by atoms with E-state index in [1.165, 1.54) is 18.2 Å². The number of alkyl halides is 3. The number of halogens is 7. The maximum atomic E-state index is 15.1. The van der Waals surface area contributed by atoms with E-state index in [1.54, 1.807) is 6.07 Å². The number of hydrogen-bond donors (Lipinski definition) is 0. The smallest absolute Gasteiger partial charge is 0.206 e. The molecule has 194 valence electrons. The fourth-order valence-corrected chi connectivity index (χ4v) is 4.55. The zero-order valence-corrected chi connectivity index (χ0v) is 20.2. The predicted octanol–water partition coefficient (Wildman–Crippen LogP) is 10.3. The van der Waals surface area contributed by atoms with Gasteiger partial charge in [-0.15, -0.1) is 0 Å². The Morgan fingerprint density at radius 2 is 1.35 bits per heavy atom. The van der Waals surface area contributed by atoms with Crippen molar-refractivity contribution < 1.29 is 30.7 Å². The molecule has 0 N–H and O–H groups in total. The van der Waals surface area contributed by atoms with Crippen LogP contribution in [0.2, 0.25) is 0 Å². The van der Waals surface area contributed by atoms with Crippen LogP contribution in [0.5, 0.6) is 0 Å². The van der Waals surface area contributed by atoms with Crippen molar-refractivity contribution >= 4 is 10.8 Å². The van der Waals surface area contributed by atoms with Gasteiger partial charge in [0.25, 0.3) is 0 Å². The first-order valence-electron chi connectivity index (χ1n) is 12.2. The van der Waals surface area contributed by atoms with Crippen molar-refractivity contribution in [2.24, 2.45) is 0 Å². The zero-order chi connectivity index (χ0) is 26.7. The lowest BCUT2D eigenvalue weighted by molar-refractivity contribution is -0.139. The molecule has 0 spiro atoms. The van der Waals surface area contributed by atoms with Crippen LogP contribution in [0.25, 0.3) is 33.0 Å². The van der Waals surface area contributed by atoms with Crippen molar-refractivity contribution in [3.8, 4) is 22.3 Å².